The second kappa shape index (κ2) is 9.67. The first kappa shape index (κ1) is 21.0. The van der Waals surface area contributed by atoms with E-state index < -0.39 is 10.0 Å². The molecule has 9 heteroatoms. The number of nitrogens with zero attached hydrogens (tertiary/aromatic N) is 3. The molecule has 0 radical (unpaired) electrons. The summed E-state index contributed by atoms with van der Waals surface area (Å²) in [6.45, 7) is 6.22. The van der Waals surface area contributed by atoms with Crippen molar-refractivity contribution in [2.24, 2.45) is 5.92 Å². The van der Waals surface area contributed by atoms with E-state index in [0.717, 1.165) is 24.5 Å². The lowest BCUT2D eigenvalue weighted by molar-refractivity contribution is -0.126. The third kappa shape index (κ3) is 5.42. The minimum Gasteiger partial charge on any atom is -0.378 e. The standard InChI is InChI=1S/C19H30N4O4S/c1-2-13-28(25,26)23-7-4-17(5-8-23)19(24)21-15-16-3-6-20-18(14-16)22-9-11-27-12-10-22/h3,6,14,17H,2,4-5,7-13,15H2,1H3,(H,21,24). The van der Waals surface area contributed by atoms with Crippen LogP contribution in [0, 0.1) is 5.92 Å². The van der Waals surface area contributed by atoms with Crippen LogP contribution in [0.4, 0.5) is 5.82 Å². The van der Waals surface area contributed by atoms with E-state index in [1.54, 1.807) is 6.20 Å². The maximum Gasteiger partial charge on any atom is 0.223 e. The van der Waals surface area contributed by atoms with Crippen LogP contribution < -0.4 is 10.2 Å². The van der Waals surface area contributed by atoms with Crippen LogP contribution in [0.2, 0.25) is 0 Å². The van der Waals surface area contributed by atoms with Crippen LogP contribution in [0.3, 0.4) is 0 Å². The molecule has 28 heavy (non-hydrogen) atoms. The lowest BCUT2D eigenvalue weighted by Crippen LogP contribution is -2.43. The number of sulfonamides is 1. The van der Waals surface area contributed by atoms with Gasteiger partial charge in [0.1, 0.15) is 5.82 Å². The summed E-state index contributed by atoms with van der Waals surface area (Å²) in [7, 11) is -3.17. The van der Waals surface area contributed by atoms with Crippen molar-refractivity contribution in [3.8, 4) is 0 Å². The molecule has 0 atom stereocenters. The number of aromatic nitrogens is 1. The highest BCUT2D eigenvalue weighted by molar-refractivity contribution is 7.89. The van der Waals surface area contributed by atoms with E-state index in [0.29, 0.717) is 52.1 Å². The average molecular weight is 411 g/mol. The molecule has 0 saturated carbocycles. The van der Waals surface area contributed by atoms with E-state index in [1.807, 2.05) is 19.1 Å². The van der Waals surface area contributed by atoms with E-state index >= 15 is 0 Å². The van der Waals surface area contributed by atoms with E-state index in [4.69, 9.17) is 4.74 Å². The molecule has 2 aliphatic heterocycles. The Hall–Kier alpha value is -1.71. The predicted molar refractivity (Wildman–Crippen MR) is 107 cm³/mol. The van der Waals surface area contributed by atoms with Crippen molar-refractivity contribution in [2.75, 3.05) is 50.0 Å². The number of morpholine rings is 1. The van der Waals surface area contributed by atoms with Crippen LogP contribution in [0.5, 0.6) is 0 Å². The zero-order valence-corrected chi connectivity index (χ0v) is 17.3. The molecule has 3 rings (SSSR count). The summed E-state index contributed by atoms with van der Waals surface area (Å²) in [5.74, 6) is 0.951. The Bertz CT molecular complexity index is 757. The highest BCUT2D eigenvalue weighted by Crippen LogP contribution is 2.21. The molecule has 0 aliphatic carbocycles. The topological polar surface area (TPSA) is 91.8 Å². The fourth-order valence-corrected chi connectivity index (χ4v) is 5.19. The van der Waals surface area contributed by atoms with Gasteiger partial charge in [-0.3, -0.25) is 4.79 Å². The lowest BCUT2D eigenvalue weighted by Gasteiger charge is -2.30. The second-order valence-corrected chi connectivity index (χ2v) is 9.42. The smallest absolute Gasteiger partial charge is 0.223 e. The van der Waals surface area contributed by atoms with Gasteiger partial charge in [0.05, 0.1) is 19.0 Å². The van der Waals surface area contributed by atoms with Gasteiger partial charge in [-0.2, -0.15) is 0 Å². The normalized spacial score (nSPS) is 19.5. The molecule has 1 amide bonds. The highest BCUT2D eigenvalue weighted by Gasteiger charge is 2.30. The van der Waals surface area contributed by atoms with E-state index in [1.165, 1.54) is 4.31 Å². The van der Waals surface area contributed by atoms with Crippen molar-refractivity contribution in [1.29, 1.82) is 0 Å². The third-order valence-electron chi connectivity index (χ3n) is 5.29. The van der Waals surface area contributed by atoms with Crippen molar-refractivity contribution >= 4 is 21.7 Å². The molecule has 2 saturated heterocycles. The summed E-state index contributed by atoms with van der Waals surface area (Å²) in [5, 5.41) is 3.00. The molecule has 3 heterocycles. The van der Waals surface area contributed by atoms with Gasteiger partial charge < -0.3 is 15.0 Å². The minimum absolute atomic E-state index is 0.00252. The number of carbonyl (C=O) groups excluding carboxylic acids is 1. The maximum atomic E-state index is 12.5. The number of anilines is 1. The van der Waals surface area contributed by atoms with Gasteiger partial charge in [-0.25, -0.2) is 17.7 Å². The third-order valence-corrected chi connectivity index (χ3v) is 7.37. The fraction of sp³-hybridized carbons (Fsp3) is 0.684. The van der Waals surface area contributed by atoms with Crippen LogP contribution in [0.1, 0.15) is 31.7 Å². The van der Waals surface area contributed by atoms with Crippen molar-refractivity contribution < 1.29 is 17.9 Å². The van der Waals surface area contributed by atoms with Crippen LogP contribution in [-0.2, 0) is 26.1 Å². The molecule has 1 aromatic heterocycles. The number of hydrogen-bond donors (Lipinski definition) is 1. The largest absolute Gasteiger partial charge is 0.378 e. The maximum absolute atomic E-state index is 12.5. The monoisotopic (exact) mass is 410 g/mol. The molecule has 1 N–H and O–H groups in total. The summed E-state index contributed by atoms with van der Waals surface area (Å²) in [6.07, 6.45) is 3.53. The van der Waals surface area contributed by atoms with Crippen molar-refractivity contribution in [2.45, 2.75) is 32.7 Å². The summed E-state index contributed by atoms with van der Waals surface area (Å²) in [5.41, 5.74) is 1.01. The summed E-state index contributed by atoms with van der Waals surface area (Å²) in [4.78, 5) is 19.1. The van der Waals surface area contributed by atoms with Gasteiger partial charge in [-0.15, -0.1) is 0 Å². The quantitative estimate of drug-likeness (QED) is 0.721. The Balaban J connectivity index is 1.48. The highest BCUT2D eigenvalue weighted by atomic mass is 32.2. The number of piperidine rings is 1. The Kier molecular flexibility index (Phi) is 7.25. The number of hydrogen-bond acceptors (Lipinski definition) is 6. The first-order chi connectivity index (χ1) is 13.5. The van der Waals surface area contributed by atoms with Crippen LogP contribution in [0.15, 0.2) is 18.3 Å². The summed E-state index contributed by atoms with van der Waals surface area (Å²) < 4.78 is 31.2. The van der Waals surface area contributed by atoms with Crippen molar-refractivity contribution in [3.63, 3.8) is 0 Å². The number of carbonyl (C=O) groups is 1. The van der Waals surface area contributed by atoms with Gasteiger partial charge in [0.15, 0.2) is 0 Å². The first-order valence-electron chi connectivity index (χ1n) is 10.0. The number of ether oxygens (including phenoxy) is 1. The molecule has 156 valence electrons. The lowest BCUT2D eigenvalue weighted by atomic mass is 9.97. The number of amides is 1. The van der Waals surface area contributed by atoms with Gasteiger partial charge in [0.2, 0.25) is 15.9 Å². The molecular formula is C19H30N4O4S. The zero-order chi connectivity index (χ0) is 20.0. The molecule has 0 spiro atoms. The minimum atomic E-state index is -3.17. The fourth-order valence-electron chi connectivity index (χ4n) is 3.65. The van der Waals surface area contributed by atoms with E-state index in [2.05, 4.69) is 15.2 Å². The molecule has 2 fully saturated rings. The molecule has 0 unspecified atom stereocenters. The summed E-state index contributed by atoms with van der Waals surface area (Å²) >= 11 is 0. The van der Waals surface area contributed by atoms with Gasteiger partial charge in [0.25, 0.3) is 0 Å². The zero-order valence-electron chi connectivity index (χ0n) is 16.5. The Labute approximate surface area is 167 Å². The van der Waals surface area contributed by atoms with Crippen LogP contribution >= 0.6 is 0 Å². The Morgan fingerprint density at radius 2 is 1.96 bits per heavy atom. The molecule has 0 bridgehead atoms. The Morgan fingerprint density at radius 1 is 1.25 bits per heavy atom. The summed E-state index contributed by atoms with van der Waals surface area (Å²) in [6, 6.07) is 3.91. The van der Waals surface area contributed by atoms with E-state index in [9.17, 15) is 13.2 Å². The van der Waals surface area contributed by atoms with Gasteiger partial charge in [0, 0.05) is 44.8 Å². The SMILES string of the molecule is CCCS(=O)(=O)N1CCC(C(=O)NCc2ccnc(N3CCOCC3)c2)CC1. The molecule has 2 aliphatic rings. The molecule has 0 aromatic carbocycles. The number of pyridine rings is 1. The number of nitrogens with one attached hydrogen (secondary N) is 1. The van der Waals surface area contributed by atoms with Gasteiger partial charge in [-0.05, 0) is 37.0 Å². The molecular weight excluding hydrogens is 380 g/mol. The first-order valence-corrected chi connectivity index (χ1v) is 11.6. The van der Waals surface area contributed by atoms with Crippen LogP contribution in [-0.4, -0.2) is 68.8 Å². The molecule has 1 aromatic rings. The van der Waals surface area contributed by atoms with Gasteiger partial charge >= 0.3 is 0 Å². The van der Waals surface area contributed by atoms with Crippen molar-refractivity contribution in [3.05, 3.63) is 23.9 Å². The van der Waals surface area contributed by atoms with E-state index in [-0.39, 0.29) is 17.6 Å². The average Bonchev–Trinajstić information content (AvgIpc) is 2.73. The van der Waals surface area contributed by atoms with Crippen LogP contribution in [0.25, 0.3) is 0 Å². The van der Waals surface area contributed by atoms with Gasteiger partial charge in [-0.1, -0.05) is 6.92 Å². The molecule has 8 nitrogen and oxygen atoms in total. The second-order valence-electron chi connectivity index (χ2n) is 7.33. The predicted octanol–water partition coefficient (Wildman–Crippen LogP) is 0.986. The number of rotatable bonds is 7. The van der Waals surface area contributed by atoms with Crippen molar-refractivity contribution in [1.82, 2.24) is 14.6 Å². The Morgan fingerprint density at radius 3 is 2.64 bits per heavy atom.